The van der Waals surface area contributed by atoms with Crippen molar-refractivity contribution in [3.05, 3.63) is 16.3 Å². The first-order valence-corrected chi connectivity index (χ1v) is 6.30. The lowest BCUT2D eigenvalue weighted by atomic mass is 9.93. The predicted molar refractivity (Wildman–Crippen MR) is 61.7 cm³/mol. The summed E-state index contributed by atoms with van der Waals surface area (Å²) in [6.07, 6.45) is 4.95. The van der Waals surface area contributed by atoms with Crippen LogP contribution in [0.4, 0.5) is 0 Å². The number of amidine groups is 1. The van der Waals surface area contributed by atoms with E-state index >= 15 is 0 Å². The van der Waals surface area contributed by atoms with Crippen LogP contribution in [0.2, 0.25) is 0 Å². The van der Waals surface area contributed by atoms with Gasteiger partial charge in [-0.1, -0.05) is 6.42 Å². The summed E-state index contributed by atoms with van der Waals surface area (Å²) in [6, 6.07) is 2.28. The van der Waals surface area contributed by atoms with Gasteiger partial charge in [0.05, 0.1) is 6.04 Å². The first-order valence-electron chi connectivity index (χ1n) is 5.42. The Morgan fingerprint density at radius 1 is 1.40 bits per heavy atom. The fourth-order valence-corrected chi connectivity index (χ4v) is 3.07. The van der Waals surface area contributed by atoms with Crippen molar-refractivity contribution in [1.29, 1.82) is 0 Å². The lowest BCUT2D eigenvalue weighted by Crippen LogP contribution is -2.33. The van der Waals surface area contributed by atoms with Gasteiger partial charge in [0.15, 0.2) is 0 Å². The first-order chi connectivity index (χ1) is 7.34. The van der Waals surface area contributed by atoms with Crippen molar-refractivity contribution >= 4 is 17.2 Å². The third-order valence-corrected chi connectivity index (χ3v) is 4.03. The molecule has 3 rings (SSSR count). The molecule has 1 saturated carbocycles. The highest BCUT2D eigenvalue weighted by atomic mass is 32.1. The van der Waals surface area contributed by atoms with Crippen LogP contribution in [0.15, 0.2) is 16.4 Å². The average molecular weight is 222 g/mol. The zero-order valence-electron chi connectivity index (χ0n) is 8.48. The van der Waals surface area contributed by atoms with Crippen LogP contribution in [0.3, 0.4) is 0 Å². The summed E-state index contributed by atoms with van der Waals surface area (Å²) in [7, 11) is 0. The molecule has 1 aromatic heterocycles. The Balaban J connectivity index is 2.00. The van der Waals surface area contributed by atoms with Gasteiger partial charge in [0.2, 0.25) is 0 Å². The summed E-state index contributed by atoms with van der Waals surface area (Å²) in [5.41, 5.74) is 5.98. The maximum Gasteiger partial charge on any atom is 0.141 e. The fraction of sp³-hybridized carbons (Fsp3) is 0.545. The van der Waals surface area contributed by atoms with Crippen LogP contribution in [0, 0.1) is 0 Å². The summed E-state index contributed by atoms with van der Waals surface area (Å²) in [6.45, 7) is 0. The Bertz CT molecular complexity index is 399. The summed E-state index contributed by atoms with van der Waals surface area (Å²) in [4.78, 5) is 5.60. The Morgan fingerprint density at radius 2 is 2.27 bits per heavy atom. The minimum absolute atomic E-state index is 0.244. The third kappa shape index (κ3) is 1.53. The second kappa shape index (κ2) is 3.52. The molecule has 1 aromatic rings. The summed E-state index contributed by atoms with van der Waals surface area (Å²) in [5, 5.41) is 2.01. The van der Waals surface area contributed by atoms with Gasteiger partial charge >= 0.3 is 0 Å². The van der Waals surface area contributed by atoms with E-state index in [4.69, 9.17) is 10.5 Å². The summed E-state index contributed by atoms with van der Waals surface area (Å²) < 4.78 is 5.99. The van der Waals surface area contributed by atoms with Crippen LogP contribution in [0.5, 0.6) is 5.75 Å². The molecule has 2 heterocycles. The molecule has 0 saturated heterocycles. The monoisotopic (exact) mass is 222 g/mol. The van der Waals surface area contributed by atoms with E-state index in [0.717, 1.165) is 23.5 Å². The Morgan fingerprint density at radius 3 is 3.20 bits per heavy atom. The second-order valence-electron chi connectivity index (χ2n) is 4.14. The Labute approximate surface area is 93.0 Å². The van der Waals surface area contributed by atoms with Gasteiger partial charge < -0.3 is 10.5 Å². The largest absolute Gasteiger partial charge is 0.487 e. The van der Waals surface area contributed by atoms with E-state index < -0.39 is 0 Å². The molecule has 2 aliphatic rings. The van der Waals surface area contributed by atoms with Crippen molar-refractivity contribution in [3.63, 3.8) is 0 Å². The zero-order chi connectivity index (χ0) is 10.3. The number of nitrogens with two attached hydrogens (primary N) is 1. The maximum atomic E-state index is 5.99. The van der Waals surface area contributed by atoms with Gasteiger partial charge in [0, 0.05) is 0 Å². The molecule has 2 atom stereocenters. The van der Waals surface area contributed by atoms with Crippen LogP contribution in [0.1, 0.15) is 30.6 Å². The molecule has 3 nitrogen and oxygen atoms in total. The van der Waals surface area contributed by atoms with Crippen molar-refractivity contribution in [2.75, 3.05) is 0 Å². The minimum atomic E-state index is 0.244. The predicted octanol–water partition coefficient (Wildman–Crippen LogP) is 2.16. The van der Waals surface area contributed by atoms with E-state index in [9.17, 15) is 0 Å². The molecule has 2 unspecified atom stereocenters. The van der Waals surface area contributed by atoms with Gasteiger partial charge in [-0.3, -0.25) is 4.99 Å². The van der Waals surface area contributed by atoms with E-state index in [1.807, 2.05) is 11.4 Å². The van der Waals surface area contributed by atoms with Crippen molar-refractivity contribution in [2.24, 2.45) is 10.7 Å². The van der Waals surface area contributed by atoms with Gasteiger partial charge in [0.1, 0.15) is 22.6 Å². The van der Waals surface area contributed by atoms with Crippen LogP contribution in [-0.4, -0.2) is 18.0 Å². The number of aliphatic imine (C=N–C) groups is 1. The molecule has 15 heavy (non-hydrogen) atoms. The topological polar surface area (TPSA) is 47.6 Å². The van der Waals surface area contributed by atoms with Gasteiger partial charge in [-0.15, -0.1) is 11.3 Å². The maximum absolute atomic E-state index is 5.99. The van der Waals surface area contributed by atoms with Crippen LogP contribution in [-0.2, 0) is 0 Å². The van der Waals surface area contributed by atoms with Gasteiger partial charge in [-0.2, -0.15) is 0 Å². The fourth-order valence-electron chi connectivity index (χ4n) is 2.34. The highest BCUT2D eigenvalue weighted by Crippen LogP contribution is 2.33. The highest BCUT2D eigenvalue weighted by molar-refractivity contribution is 7.12. The number of thiophene rings is 1. The number of fused-ring (bicyclic) bond motifs is 2. The number of rotatable bonds is 0. The Hall–Kier alpha value is -1.03. The third-order valence-electron chi connectivity index (χ3n) is 3.11. The van der Waals surface area contributed by atoms with Gasteiger partial charge in [-0.25, -0.2) is 0 Å². The molecule has 0 aromatic carbocycles. The molecule has 80 valence electrons. The molecule has 0 bridgehead atoms. The molecule has 4 heteroatoms. The second-order valence-corrected chi connectivity index (χ2v) is 5.05. The molecule has 0 spiro atoms. The zero-order valence-corrected chi connectivity index (χ0v) is 9.30. The quantitative estimate of drug-likeness (QED) is 0.731. The van der Waals surface area contributed by atoms with Crippen LogP contribution >= 0.6 is 11.3 Å². The van der Waals surface area contributed by atoms with Crippen molar-refractivity contribution in [2.45, 2.75) is 37.8 Å². The molecule has 0 amide bonds. The Kier molecular flexibility index (Phi) is 2.16. The molecule has 1 aliphatic heterocycles. The molecule has 0 radical (unpaired) electrons. The van der Waals surface area contributed by atoms with Gasteiger partial charge in [-0.05, 0) is 30.7 Å². The van der Waals surface area contributed by atoms with E-state index in [0.29, 0.717) is 5.84 Å². The molecule has 2 N–H and O–H groups in total. The lowest BCUT2D eigenvalue weighted by molar-refractivity contribution is 0.136. The highest BCUT2D eigenvalue weighted by Gasteiger charge is 2.30. The number of hydrogen-bond donors (Lipinski definition) is 1. The van der Waals surface area contributed by atoms with E-state index in [1.165, 1.54) is 12.8 Å². The molecular weight excluding hydrogens is 208 g/mol. The number of hydrogen-bond acceptors (Lipinski definition) is 4. The smallest absolute Gasteiger partial charge is 0.141 e. The van der Waals surface area contributed by atoms with Crippen molar-refractivity contribution in [3.8, 4) is 5.75 Å². The first kappa shape index (κ1) is 9.21. The van der Waals surface area contributed by atoms with E-state index in [2.05, 4.69) is 4.99 Å². The normalized spacial score (nSPS) is 29.5. The van der Waals surface area contributed by atoms with E-state index in [-0.39, 0.29) is 12.1 Å². The van der Waals surface area contributed by atoms with E-state index in [1.54, 1.807) is 11.3 Å². The minimum Gasteiger partial charge on any atom is -0.487 e. The number of ether oxygens (including phenoxy) is 1. The number of nitrogens with zero attached hydrogens (tertiary/aromatic N) is 1. The van der Waals surface area contributed by atoms with Crippen molar-refractivity contribution < 1.29 is 4.74 Å². The average Bonchev–Trinajstić information content (AvgIpc) is 2.64. The molecule has 1 fully saturated rings. The SMILES string of the molecule is NC1=NC2CCCCC2Oc2ccsc21. The summed E-state index contributed by atoms with van der Waals surface area (Å²) in [5.74, 6) is 1.59. The lowest BCUT2D eigenvalue weighted by Gasteiger charge is -2.27. The molecular formula is C11H14N2OS. The van der Waals surface area contributed by atoms with Gasteiger partial charge in [0.25, 0.3) is 0 Å². The molecule has 1 aliphatic carbocycles. The standard InChI is InChI=1S/C11H14N2OS/c12-11-10-9(5-6-15-10)14-8-4-2-1-3-7(8)13-11/h5-8H,1-4H2,(H2,12,13). The summed E-state index contributed by atoms with van der Waals surface area (Å²) >= 11 is 1.61. The van der Waals surface area contributed by atoms with Crippen molar-refractivity contribution in [1.82, 2.24) is 0 Å². The van der Waals surface area contributed by atoms with Crippen LogP contribution in [0.25, 0.3) is 0 Å². The van der Waals surface area contributed by atoms with Crippen LogP contribution < -0.4 is 10.5 Å².